The Morgan fingerprint density at radius 3 is 2.25 bits per heavy atom. The van der Waals surface area contributed by atoms with E-state index in [4.69, 9.17) is 6.57 Å². The van der Waals surface area contributed by atoms with Crippen LogP contribution in [0.4, 0.5) is 0 Å². The van der Waals surface area contributed by atoms with Crippen molar-refractivity contribution in [2.45, 2.75) is 0 Å². The molecule has 0 saturated carbocycles. The highest BCUT2D eigenvalue weighted by Gasteiger charge is 2.01. The first-order chi connectivity index (χ1) is 3.56. The Hall–Kier alpha value is -0.560. The molecule has 0 spiro atoms. The van der Waals surface area contributed by atoms with Crippen LogP contribution in [0.3, 0.4) is 0 Å². The molecule has 4 heteroatoms. The topological polar surface area (TPSA) is 38.5 Å². The van der Waals surface area contributed by atoms with E-state index in [1.54, 1.807) is 0 Å². The Balaban J connectivity index is 3.63. The lowest BCUT2D eigenvalue weighted by molar-refractivity contribution is 0.602. The van der Waals surface area contributed by atoms with Gasteiger partial charge in [-0.2, -0.15) is 0 Å². The van der Waals surface area contributed by atoms with Gasteiger partial charge >= 0.3 is 0 Å². The third-order valence-electron chi connectivity index (χ3n) is 0.574. The Kier molecular flexibility index (Phi) is 2.49. The van der Waals surface area contributed by atoms with Crippen molar-refractivity contribution in [2.24, 2.45) is 0 Å². The van der Waals surface area contributed by atoms with Crippen LogP contribution in [0.25, 0.3) is 4.85 Å². The molecular weight excluding hydrogens is 126 g/mol. The summed E-state index contributed by atoms with van der Waals surface area (Å²) in [6.45, 7) is 6.33. The van der Waals surface area contributed by atoms with Crippen LogP contribution in [0.15, 0.2) is 0 Å². The molecule has 0 heterocycles. The summed E-state index contributed by atoms with van der Waals surface area (Å²) in [5.41, 5.74) is 0. The van der Waals surface area contributed by atoms with E-state index in [0.29, 0.717) is 0 Å². The smallest absolute Gasteiger partial charge is 0.228 e. The van der Waals surface area contributed by atoms with Gasteiger partial charge in [-0.1, -0.05) is 0 Å². The second-order valence-corrected chi connectivity index (χ2v) is 3.77. The average Bonchev–Trinajstić information content (AvgIpc) is 1.59. The first-order valence-corrected chi connectivity index (χ1v) is 4.13. The fraction of sp³-hybridized carbons (Fsp3) is 0.750. The molecule has 0 bridgehead atoms. The first kappa shape index (κ1) is 7.44. The van der Waals surface area contributed by atoms with Gasteiger partial charge in [-0.05, 0) is 0 Å². The molecular formula is C4H7NO2S. The summed E-state index contributed by atoms with van der Waals surface area (Å²) < 4.78 is 20.5. The van der Waals surface area contributed by atoms with Gasteiger partial charge in [-0.15, -0.1) is 0 Å². The lowest BCUT2D eigenvalue weighted by Gasteiger charge is -1.84. The molecule has 0 unspecified atom stereocenters. The molecule has 0 rings (SSSR count). The van der Waals surface area contributed by atoms with E-state index >= 15 is 0 Å². The Bertz CT molecular complexity index is 187. The summed E-state index contributed by atoms with van der Waals surface area (Å²) in [6.07, 6.45) is 1.12. The summed E-state index contributed by atoms with van der Waals surface area (Å²) >= 11 is 0. The number of hydrogen-bond acceptors (Lipinski definition) is 2. The monoisotopic (exact) mass is 133 g/mol. The molecule has 0 atom stereocenters. The fourth-order valence-corrected chi connectivity index (χ4v) is 0.634. The largest absolute Gasteiger partial charge is 0.316 e. The van der Waals surface area contributed by atoms with Crippen molar-refractivity contribution in [3.8, 4) is 0 Å². The summed E-state index contributed by atoms with van der Waals surface area (Å²) in [7, 11) is -2.90. The van der Waals surface area contributed by atoms with Gasteiger partial charge in [-0.25, -0.2) is 15.0 Å². The quantitative estimate of drug-likeness (QED) is 0.495. The Morgan fingerprint density at radius 2 is 2.12 bits per heavy atom. The van der Waals surface area contributed by atoms with E-state index < -0.39 is 9.84 Å². The molecule has 0 saturated heterocycles. The van der Waals surface area contributed by atoms with Crippen LogP contribution in [-0.2, 0) is 9.84 Å². The minimum Gasteiger partial charge on any atom is -0.316 e. The van der Waals surface area contributed by atoms with E-state index in [9.17, 15) is 8.42 Å². The first-order valence-electron chi connectivity index (χ1n) is 2.07. The summed E-state index contributed by atoms with van der Waals surface area (Å²) in [6, 6.07) is 0. The van der Waals surface area contributed by atoms with Gasteiger partial charge in [-0.3, -0.25) is 0 Å². The highest BCUT2D eigenvalue weighted by atomic mass is 32.2. The zero-order chi connectivity index (χ0) is 6.62. The SMILES string of the molecule is [C-]#[N+]CCS(C)(=O)=O. The molecule has 8 heavy (non-hydrogen) atoms. The normalized spacial score (nSPS) is 10.5. The van der Waals surface area contributed by atoms with Gasteiger partial charge in [0.25, 0.3) is 0 Å². The zero-order valence-corrected chi connectivity index (χ0v) is 5.40. The van der Waals surface area contributed by atoms with Crippen molar-refractivity contribution in [1.82, 2.24) is 0 Å². The summed E-state index contributed by atoms with van der Waals surface area (Å²) in [4.78, 5) is 2.89. The lowest BCUT2D eigenvalue weighted by atomic mass is 10.8. The molecule has 0 aromatic rings. The third-order valence-corrected chi connectivity index (χ3v) is 1.50. The maximum absolute atomic E-state index is 10.2. The van der Waals surface area contributed by atoms with Gasteiger partial charge in [0.1, 0.15) is 5.75 Å². The molecule has 0 aromatic heterocycles. The predicted molar refractivity (Wildman–Crippen MR) is 31.2 cm³/mol. The van der Waals surface area contributed by atoms with E-state index in [2.05, 4.69) is 4.85 Å². The van der Waals surface area contributed by atoms with E-state index in [0.717, 1.165) is 6.26 Å². The number of hydrogen-bond donors (Lipinski definition) is 0. The molecule has 3 nitrogen and oxygen atoms in total. The van der Waals surface area contributed by atoms with Gasteiger partial charge < -0.3 is 4.85 Å². The molecule has 0 aromatic carbocycles. The molecule has 0 aliphatic rings. The van der Waals surface area contributed by atoms with Crippen molar-refractivity contribution < 1.29 is 8.42 Å². The van der Waals surface area contributed by atoms with Crippen LogP contribution in [0.2, 0.25) is 0 Å². The maximum atomic E-state index is 10.2. The third kappa shape index (κ3) is 5.44. The highest BCUT2D eigenvalue weighted by Crippen LogP contribution is 1.80. The van der Waals surface area contributed by atoms with Gasteiger partial charge in [0.2, 0.25) is 6.54 Å². The van der Waals surface area contributed by atoms with Crippen LogP contribution >= 0.6 is 0 Å². The van der Waals surface area contributed by atoms with Crippen molar-refractivity contribution in [2.75, 3.05) is 18.6 Å². The maximum Gasteiger partial charge on any atom is 0.228 e. The van der Waals surface area contributed by atoms with Crippen LogP contribution in [-0.4, -0.2) is 27.0 Å². The van der Waals surface area contributed by atoms with Gasteiger partial charge in [0.05, 0.1) is 0 Å². The second-order valence-electron chi connectivity index (χ2n) is 1.51. The Labute approximate surface area is 49.1 Å². The van der Waals surface area contributed by atoms with Crippen molar-refractivity contribution in [3.05, 3.63) is 11.4 Å². The van der Waals surface area contributed by atoms with E-state index in [1.165, 1.54) is 0 Å². The lowest BCUT2D eigenvalue weighted by Crippen LogP contribution is -2.04. The molecule has 0 aliphatic heterocycles. The number of rotatable bonds is 2. The molecule has 0 N–H and O–H groups in total. The van der Waals surface area contributed by atoms with Crippen LogP contribution in [0.5, 0.6) is 0 Å². The van der Waals surface area contributed by atoms with Crippen molar-refractivity contribution in [3.63, 3.8) is 0 Å². The van der Waals surface area contributed by atoms with E-state index in [-0.39, 0.29) is 12.3 Å². The standard InChI is InChI=1S/C4H7NO2S/c1-5-3-4-8(2,6)7/h3-4H2,2H3. The number of nitrogens with zero attached hydrogens (tertiary/aromatic N) is 1. The molecule has 0 fully saturated rings. The van der Waals surface area contributed by atoms with Gasteiger partial charge in [0, 0.05) is 6.26 Å². The number of sulfone groups is 1. The molecule has 0 aliphatic carbocycles. The van der Waals surface area contributed by atoms with Gasteiger partial charge in [0.15, 0.2) is 9.84 Å². The summed E-state index contributed by atoms with van der Waals surface area (Å²) in [5.74, 6) is -0.0174. The second kappa shape index (κ2) is 2.68. The Morgan fingerprint density at radius 1 is 1.62 bits per heavy atom. The predicted octanol–water partition coefficient (Wildman–Crippen LogP) is -0.0497. The summed E-state index contributed by atoms with van der Waals surface area (Å²) in [5, 5.41) is 0. The fourth-order valence-electron chi connectivity index (χ4n) is 0.211. The molecule has 0 radical (unpaired) electrons. The highest BCUT2D eigenvalue weighted by molar-refractivity contribution is 7.90. The van der Waals surface area contributed by atoms with Crippen LogP contribution in [0.1, 0.15) is 0 Å². The van der Waals surface area contributed by atoms with Crippen LogP contribution in [0, 0.1) is 6.57 Å². The average molecular weight is 133 g/mol. The van der Waals surface area contributed by atoms with Crippen LogP contribution < -0.4 is 0 Å². The van der Waals surface area contributed by atoms with Crippen molar-refractivity contribution >= 4 is 9.84 Å². The van der Waals surface area contributed by atoms with E-state index in [1.807, 2.05) is 0 Å². The minimum atomic E-state index is -2.90. The molecule has 46 valence electrons. The zero-order valence-electron chi connectivity index (χ0n) is 4.59. The molecule has 0 amide bonds. The minimum absolute atomic E-state index is 0.0174. The van der Waals surface area contributed by atoms with Crippen molar-refractivity contribution in [1.29, 1.82) is 0 Å².